The molecule has 0 radical (unpaired) electrons. The van der Waals surface area contributed by atoms with Crippen LogP contribution in [0.4, 0.5) is 6.01 Å². The van der Waals surface area contributed by atoms with E-state index in [0.717, 1.165) is 0 Å². The van der Waals surface area contributed by atoms with Crippen LogP contribution in [-0.2, 0) is 0 Å². The first-order valence-corrected chi connectivity index (χ1v) is 2.01. The molecule has 1 rings (SSSR count). The fraction of sp³-hybridized carbons (Fsp3) is 0. The van der Waals surface area contributed by atoms with Gasteiger partial charge >= 0.3 is 116 Å². The molecule has 1 heterocycles. The Kier molecular flexibility index (Phi) is 10.5. The van der Waals surface area contributed by atoms with Gasteiger partial charge in [-0.1, -0.05) is 0 Å². The average molecular weight is 297 g/mol. The van der Waals surface area contributed by atoms with Crippen LogP contribution in [0.3, 0.4) is 0 Å². The summed E-state index contributed by atoms with van der Waals surface area (Å²) in [5.41, 5.74) is 13.0. The summed E-state index contributed by atoms with van der Waals surface area (Å²) in [4.78, 5) is 10.0. The zero-order chi connectivity index (χ0) is 6.85. The molecule has 0 spiro atoms. The maximum Gasteiger partial charge on any atom is 1.00 e. The summed E-state index contributed by atoms with van der Waals surface area (Å²) in [7, 11) is 0. The van der Waals surface area contributed by atoms with Crippen LogP contribution < -0.4 is 116 Å². The number of rotatable bonds is 1. The van der Waals surface area contributed by atoms with Gasteiger partial charge in [-0.3, -0.25) is 0 Å². The normalized spacial score (nSPS) is 7.64. The monoisotopic (exact) mass is 296 g/mol. The SMILES string of the molecule is [NH-]C(=O)c1nnc([NH-])o1.[Rb+].[Rb+]. The number of carbonyl (C=O) groups excluding carboxylic acids is 1. The molecule has 0 fully saturated rings. The molecule has 1 aromatic heterocycles. The fourth-order valence-corrected chi connectivity index (χ4v) is 0.315. The van der Waals surface area contributed by atoms with Crippen LogP contribution in [0.2, 0.25) is 0 Å². The van der Waals surface area contributed by atoms with Crippen LogP contribution in [0.1, 0.15) is 10.7 Å². The van der Waals surface area contributed by atoms with Gasteiger partial charge in [0.15, 0.2) is 0 Å². The molecule has 0 aromatic carbocycles. The zero-order valence-electron chi connectivity index (χ0n) is 6.21. The summed E-state index contributed by atoms with van der Waals surface area (Å²) < 4.78 is 4.25. The number of nitrogens with zero attached hydrogens (tertiary/aromatic N) is 2. The van der Waals surface area contributed by atoms with E-state index in [9.17, 15) is 4.79 Å². The van der Waals surface area contributed by atoms with Crippen LogP contribution in [0.15, 0.2) is 4.42 Å². The molecule has 0 saturated heterocycles. The Morgan fingerprint density at radius 3 is 2.09 bits per heavy atom. The molecule has 0 aliphatic rings. The maximum atomic E-state index is 10.0. The van der Waals surface area contributed by atoms with Crippen molar-refractivity contribution in [2.75, 3.05) is 0 Å². The van der Waals surface area contributed by atoms with E-state index >= 15 is 0 Å². The van der Waals surface area contributed by atoms with Crippen molar-refractivity contribution in [2.24, 2.45) is 0 Å². The van der Waals surface area contributed by atoms with Crippen LogP contribution in [0.25, 0.3) is 11.5 Å². The number of carbonyl (C=O) groups is 1. The van der Waals surface area contributed by atoms with Gasteiger partial charge in [0.2, 0.25) is 5.89 Å². The van der Waals surface area contributed by atoms with Gasteiger partial charge in [-0.2, -0.15) is 0 Å². The number of hydrogen-bond acceptors (Lipinski definition) is 4. The first-order valence-electron chi connectivity index (χ1n) is 2.01. The number of nitrogens with one attached hydrogen (secondary N) is 2. The Balaban J connectivity index is 0. The van der Waals surface area contributed by atoms with Gasteiger partial charge < -0.3 is 25.8 Å². The minimum Gasteiger partial charge on any atom is -0.659 e. The second-order valence-electron chi connectivity index (χ2n) is 1.24. The Morgan fingerprint density at radius 2 is 1.91 bits per heavy atom. The van der Waals surface area contributed by atoms with Gasteiger partial charge in [-0.25, -0.2) is 5.10 Å². The molecule has 1 amide bonds. The van der Waals surface area contributed by atoms with Crippen LogP contribution in [0, 0.1) is 0 Å². The van der Waals surface area contributed by atoms with Crippen LogP contribution >= 0.6 is 0 Å². The van der Waals surface area contributed by atoms with E-state index in [1.54, 1.807) is 0 Å². The van der Waals surface area contributed by atoms with Crippen LogP contribution in [0.5, 0.6) is 0 Å². The minimum absolute atomic E-state index is 0. The molecule has 2 N–H and O–H groups in total. The third kappa shape index (κ3) is 5.35. The molecule has 0 unspecified atom stereocenters. The molecule has 1 aromatic rings. The molecule has 11 heavy (non-hydrogen) atoms. The van der Waals surface area contributed by atoms with E-state index in [4.69, 9.17) is 11.5 Å². The number of amides is 1. The van der Waals surface area contributed by atoms with E-state index in [-0.39, 0.29) is 116 Å². The first kappa shape index (κ1) is 15.5. The maximum absolute atomic E-state index is 10.0. The number of hydrogen-bond donors (Lipinski definition) is 0. The smallest absolute Gasteiger partial charge is 0.659 e. The third-order valence-electron chi connectivity index (χ3n) is 0.619. The van der Waals surface area contributed by atoms with Crippen LogP contribution in [-0.4, -0.2) is 16.1 Å². The summed E-state index contributed by atoms with van der Waals surface area (Å²) in [5, 5.41) is 6.12. The Morgan fingerprint density at radius 1 is 1.36 bits per heavy atom. The van der Waals surface area contributed by atoms with Crippen molar-refractivity contribution in [2.45, 2.75) is 0 Å². The predicted molar refractivity (Wildman–Crippen MR) is 26.9 cm³/mol. The van der Waals surface area contributed by atoms with E-state index in [2.05, 4.69) is 14.6 Å². The third-order valence-corrected chi connectivity index (χ3v) is 0.619. The van der Waals surface area contributed by atoms with Gasteiger partial charge in [-0.15, -0.1) is 0 Å². The summed E-state index contributed by atoms with van der Waals surface area (Å²) >= 11 is 0. The van der Waals surface area contributed by atoms with Crippen molar-refractivity contribution in [1.82, 2.24) is 10.2 Å². The largest absolute Gasteiger partial charge is 1.00 e. The van der Waals surface area contributed by atoms with Crippen molar-refractivity contribution < 1.29 is 126 Å². The predicted octanol–water partition coefficient (Wildman–Crippen LogP) is -5.05. The molecule has 0 aliphatic carbocycles. The van der Waals surface area contributed by atoms with Crippen molar-refractivity contribution in [3.63, 3.8) is 0 Å². The Bertz CT molecular complexity index is 237. The number of aromatic nitrogens is 2. The zero-order valence-corrected chi connectivity index (χ0v) is 16.0. The van der Waals surface area contributed by atoms with E-state index in [0.29, 0.717) is 0 Å². The van der Waals surface area contributed by atoms with Crippen molar-refractivity contribution >= 4 is 11.9 Å². The van der Waals surface area contributed by atoms with E-state index < -0.39 is 17.8 Å². The Hall–Kier alpha value is 2.02. The molecule has 0 bridgehead atoms. The summed E-state index contributed by atoms with van der Waals surface area (Å²) in [6.07, 6.45) is 0. The molecular formula is C3H2N4O2Rb2. The molecular weight excluding hydrogens is 295 g/mol. The van der Waals surface area contributed by atoms with Gasteiger partial charge in [-0.05, 0) is 0 Å². The molecule has 48 valence electrons. The van der Waals surface area contributed by atoms with Gasteiger partial charge in [0.1, 0.15) is 11.9 Å². The van der Waals surface area contributed by atoms with Gasteiger partial charge in [0.05, 0.1) is 0 Å². The quantitative estimate of drug-likeness (QED) is 0.517. The molecule has 8 heteroatoms. The fourth-order valence-electron chi connectivity index (χ4n) is 0.315. The summed E-state index contributed by atoms with van der Waals surface area (Å²) in [6.45, 7) is 0. The van der Waals surface area contributed by atoms with Crippen molar-refractivity contribution in [3.05, 3.63) is 17.4 Å². The van der Waals surface area contributed by atoms with E-state index in [1.165, 1.54) is 0 Å². The molecule has 0 aliphatic heterocycles. The molecule has 0 atom stereocenters. The minimum atomic E-state index is -1.07. The topological polar surface area (TPSA) is 104 Å². The average Bonchev–Trinajstić information content (AvgIpc) is 2.14. The molecule has 0 saturated carbocycles. The van der Waals surface area contributed by atoms with Crippen molar-refractivity contribution in [1.29, 1.82) is 0 Å². The first-order chi connectivity index (χ1) is 4.20. The van der Waals surface area contributed by atoms with E-state index in [1.807, 2.05) is 0 Å². The summed E-state index contributed by atoms with van der Waals surface area (Å²) in [6, 6.07) is -0.453. The van der Waals surface area contributed by atoms with Gasteiger partial charge in [0, 0.05) is 0 Å². The van der Waals surface area contributed by atoms with Crippen molar-refractivity contribution in [3.8, 4) is 0 Å². The summed E-state index contributed by atoms with van der Waals surface area (Å²) in [5.74, 6) is -1.51. The second kappa shape index (κ2) is 7.43. The Labute approximate surface area is 160 Å². The van der Waals surface area contributed by atoms with Gasteiger partial charge in [0.25, 0.3) is 0 Å². The standard InChI is InChI=1S/C3H3N4O2.2Rb/c4-1(8)2-6-7-3(5)9-2;;/h(H3-,4,5,7,8);;/q-1;2*+1/p-1. The molecule has 6 nitrogen and oxygen atoms in total. The second-order valence-corrected chi connectivity index (χ2v) is 1.24.